The summed E-state index contributed by atoms with van der Waals surface area (Å²) in [5.74, 6) is -0.506. The van der Waals surface area contributed by atoms with Crippen LogP contribution >= 0.6 is 11.6 Å². The average Bonchev–Trinajstić information content (AvgIpc) is 3.31. The normalized spacial score (nSPS) is 22.4. The van der Waals surface area contributed by atoms with E-state index in [1.165, 1.54) is 13.4 Å². The number of hydrogen-bond donors (Lipinski definition) is 2. The SMILES string of the molecule is COc1ccc(NC(=O)c2ncn3c2C(=O)N(C2CC2)C(C)(C(=O)NC2CCCC2)C3)cc1Cl. The van der Waals surface area contributed by atoms with E-state index in [0.717, 1.165) is 38.5 Å². The first-order valence-corrected chi connectivity index (χ1v) is 12.0. The number of aromatic nitrogens is 2. The maximum atomic E-state index is 13.7. The number of ether oxygens (including phenoxy) is 1. The molecule has 2 fully saturated rings. The fraction of sp³-hybridized carbons (Fsp3) is 0.500. The molecule has 1 unspecified atom stereocenters. The lowest BCUT2D eigenvalue weighted by atomic mass is 9.93. The van der Waals surface area contributed by atoms with Crippen molar-refractivity contribution in [3.63, 3.8) is 0 Å². The molecule has 10 heteroatoms. The van der Waals surface area contributed by atoms with Gasteiger partial charge in [-0.15, -0.1) is 0 Å². The van der Waals surface area contributed by atoms with Crippen molar-refractivity contribution < 1.29 is 19.1 Å². The first-order valence-electron chi connectivity index (χ1n) is 11.7. The Kier molecular flexibility index (Phi) is 5.75. The molecule has 34 heavy (non-hydrogen) atoms. The number of carbonyl (C=O) groups excluding carboxylic acids is 3. The third-order valence-corrected chi connectivity index (χ3v) is 7.28. The Morgan fingerprint density at radius 2 is 1.94 bits per heavy atom. The van der Waals surface area contributed by atoms with E-state index in [1.54, 1.807) is 27.7 Å². The predicted octanol–water partition coefficient (Wildman–Crippen LogP) is 3.23. The molecule has 2 aliphatic carbocycles. The minimum Gasteiger partial charge on any atom is -0.495 e. The van der Waals surface area contributed by atoms with Gasteiger partial charge in [0.05, 0.1) is 25.0 Å². The zero-order valence-electron chi connectivity index (χ0n) is 19.3. The molecule has 2 aromatic rings. The Morgan fingerprint density at radius 3 is 2.59 bits per heavy atom. The topological polar surface area (TPSA) is 106 Å². The van der Waals surface area contributed by atoms with Gasteiger partial charge >= 0.3 is 0 Å². The van der Waals surface area contributed by atoms with Gasteiger partial charge in [-0.2, -0.15) is 0 Å². The zero-order valence-corrected chi connectivity index (χ0v) is 20.0. The molecule has 3 aliphatic rings. The van der Waals surface area contributed by atoms with E-state index in [0.29, 0.717) is 16.5 Å². The number of imidazole rings is 1. The molecular weight excluding hydrogens is 458 g/mol. The molecule has 0 saturated heterocycles. The number of halogens is 1. The van der Waals surface area contributed by atoms with E-state index in [4.69, 9.17) is 16.3 Å². The van der Waals surface area contributed by atoms with Crippen molar-refractivity contribution in [2.24, 2.45) is 0 Å². The van der Waals surface area contributed by atoms with Crippen molar-refractivity contribution in [2.45, 2.75) is 69.6 Å². The number of nitrogens with one attached hydrogen (secondary N) is 2. The van der Waals surface area contributed by atoms with Gasteiger partial charge < -0.3 is 24.8 Å². The number of amides is 3. The molecule has 2 N–H and O–H groups in total. The van der Waals surface area contributed by atoms with Crippen molar-refractivity contribution in [2.75, 3.05) is 12.4 Å². The second-order valence-electron chi connectivity index (χ2n) is 9.51. The van der Waals surface area contributed by atoms with Crippen LogP contribution in [0.4, 0.5) is 5.69 Å². The summed E-state index contributed by atoms with van der Waals surface area (Å²) in [6.45, 7) is 2.06. The van der Waals surface area contributed by atoms with E-state index < -0.39 is 11.4 Å². The van der Waals surface area contributed by atoms with Crippen molar-refractivity contribution in [3.05, 3.63) is 40.9 Å². The van der Waals surface area contributed by atoms with Gasteiger partial charge in [-0.05, 0) is 50.8 Å². The molecule has 0 spiro atoms. The number of rotatable bonds is 6. The summed E-state index contributed by atoms with van der Waals surface area (Å²) < 4.78 is 6.77. The molecule has 0 bridgehead atoms. The Balaban J connectivity index is 1.42. The predicted molar refractivity (Wildman–Crippen MR) is 126 cm³/mol. The Bertz CT molecular complexity index is 1150. The standard InChI is InChI=1S/C24H28ClN5O4/c1-24(23(33)28-14-5-3-4-6-14)12-29-13-26-19(20(29)22(32)30(24)16-8-9-16)21(31)27-15-7-10-18(34-2)17(25)11-15/h7,10-11,13-14,16H,3-6,8-9,12H2,1-2H3,(H,27,31)(H,28,33). The Labute approximate surface area is 202 Å². The molecule has 180 valence electrons. The summed E-state index contributed by atoms with van der Waals surface area (Å²) in [4.78, 5) is 46.1. The fourth-order valence-corrected chi connectivity index (χ4v) is 5.32. The van der Waals surface area contributed by atoms with Gasteiger partial charge in [-0.1, -0.05) is 24.4 Å². The number of methoxy groups -OCH3 is 1. The highest BCUT2D eigenvalue weighted by Crippen LogP contribution is 2.39. The van der Waals surface area contributed by atoms with Gasteiger partial charge in [-0.3, -0.25) is 14.4 Å². The van der Waals surface area contributed by atoms with E-state index in [1.807, 2.05) is 6.92 Å². The molecule has 2 saturated carbocycles. The molecule has 9 nitrogen and oxygen atoms in total. The van der Waals surface area contributed by atoms with Crippen LogP contribution in [0.15, 0.2) is 24.5 Å². The van der Waals surface area contributed by atoms with Crippen LogP contribution < -0.4 is 15.4 Å². The number of nitrogens with zero attached hydrogens (tertiary/aromatic N) is 3. The third-order valence-electron chi connectivity index (χ3n) is 6.99. The number of benzene rings is 1. The summed E-state index contributed by atoms with van der Waals surface area (Å²) in [6, 6.07) is 5.03. The largest absolute Gasteiger partial charge is 0.495 e. The molecular formula is C24H28ClN5O4. The first-order chi connectivity index (χ1) is 16.3. The second-order valence-corrected chi connectivity index (χ2v) is 9.92. The van der Waals surface area contributed by atoms with Crippen LogP contribution in [0, 0.1) is 0 Å². The van der Waals surface area contributed by atoms with Crippen molar-refractivity contribution in [1.29, 1.82) is 0 Å². The van der Waals surface area contributed by atoms with Crippen LogP contribution in [0.25, 0.3) is 0 Å². The van der Waals surface area contributed by atoms with Gasteiger partial charge in [0.1, 0.15) is 17.0 Å². The molecule has 1 aromatic carbocycles. The van der Waals surface area contributed by atoms with Crippen LogP contribution in [-0.4, -0.2) is 56.9 Å². The zero-order chi connectivity index (χ0) is 24.0. The van der Waals surface area contributed by atoms with Crippen molar-refractivity contribution in [1.82, 2.24) is 19.8 Å². The van der Waals surface area contributed by atoms with E-state index in [-0.39, 0.29) is 41.8 Å². The van der Waals surface area contributed by atoms with Crippen molar-refractivity contribution >= 4 is 35.0 Å². The maximum Gasteiger partial charge on any atom is 0.276 e. The summed E-state index contributed by atoms with van der Waals surface area (Å²) in [7, 11) is 1.51. The fourth-order valence-electron chi connectivity index (χ4n) is 5.07. The molecule has 5 rings (SSSR count). The molecule has 1 aliphatic heterocycles. The number of hydrogen-bond acceptors (Lipinski definition) is 5. The van der Waals surface area contributed by atoms with Crippen molar-refractivity contribution in [3.8, 4) is 5.75 Å². The smallest absolute Gasteiger partial charge is 0.276 e. The van der Waals surface area contributed by atoms with Crippen LogP contribution in [-0.2, 0) is 11.3 Å². The minimum atomic E-state index is -1.04. The quantitative estimate of drug-likeness (QED) is 0.653. The molecule has 1 atom stereocenters. The average molecular weight is 486 g/mol. The maximum absolute atomic E-state index is 13.7. The van der Waals surface area contributed by atoms with Gasteiger partial charge in [0.2, 0.25) is 5.91 Å². The molecule has 2 heterocycles. The monoisotopic (exact) mass is 485 g/mol. The van der Waals surface area contributed by atoms with Gasteiger partial charge in [-0.25, -0.2) is 4.98 Å². The van der Waals surface area contributed by atoms with Crippen LogP contribution in [0.5, 0.6) is 5.75 Å². The molecule has 3 amide bonds. The van der Waals surface area contributed by atoms with E-state index in [9.17, 15) is 14.4 Å². The lowest BCUT2D eigenvalue weighted by molar-refractivity contribution is -0.134. The third kappa shape index (κ3) is 3.91. The summed E-state index contributed by atoms with van der Waals surface area (Å²) >= 11 is 6.16. The van der Waals surface area contributed by atoms with Crippen LogP contribution in [0.2, 0.25) is 5.02 Å². The minimum absolute atomic E-state index is 0.00761. The summed E-state index contributed by atoms with van der Waals surface area (Å²) in [5.41, 5.74) is -0.345. The summed E-state index contributed by atoms with van der Waals surface area (Å²) in [5, 5.41) is 6.27. The number of fused-ring (bicyclic) bond motifs is 1. The first kappa shape index (κ1) is 22.7. The van der Waals surface area contributed by atoms with Gasteiger partial charge in [0, 0.05) is 17.8 Å². The van der Waals surface area contributed by atoms with Gasteiger partial charge in [0.15, 0.2) is 5.69 Å². The second kappa shape index (κ2) is 8.61. The Morgan fingerprint density at radius 1 is 1.21 bits per heavy atom. The highest BCUT2D eigenvalue weighted by atomic mass is 35.5. The summed E-state index contributed by atoms with van der Waals surface area (Å²) in [6.07, 6.45) is 7.31. The Hall–Kier alpha value is -3.07. The molecule has 1 aromatic heterocycles. The number of carbonyl (C=O) groups is 3. The number of anilines is 1. The van der Waals surface area contributed by atoms with Gasteiger partial charge in [0.25, 0.3) is 11.8 Å². The van der Waals surface area contributed by atoms with E-state index >= 15 is 0 Å². The lowest BCUT2D eigenvalue weighted by Crippen LogP contribution is -2.65. The van der Waals surface area contributed by atoms with E-state index in [2.05, 4.69) is 15.6 Å². The van der Waals surface area contributed by atoms with Crippen LogP contribution in [0.1, 0.15) is 66.4 Å². The molecule has 0 radical (unpaired) electrons. The lowest BCUT2D eigenvalue weighted by Gasteiger charge is -2.44. The highest BCUT2D eigenvalue weighted by molar-refractivity contribution is 6.32. The van der Waals surface area contributed by atoms with Crippen LogP contribution in [0.3, 0.4) is 0 Å². The highest BCUT2D eigenvalue weighted by Gasteiger charge is 2.54.